The predicted molar refractivity (Wildman–Crippen MR) is 64.4 cm³/mol. The van der Waals surface area contributed by atoms with Crippen LogP contribution in [-0.2, 0) is 0 Å². The normalized spacial score (nSPS) is 12.7. The maximum Gasteiger partial charge on any atom is 0.140 e. The third-order valence-corrected chi connectivity index (χ3v) is 3.12. The average Bonchev–Trinajstić information content (AvgIpc) is 2.65. The highest BCUT2D eigenvalue weighted by atomic mass is 79.9. The molecular weight excluding hydrogens is 324 g/mol. The Morgan fingerprint density at radius 2 is 2.07 bits per heavy atom. The minimum atomic E-state index is -0.345. The molecule has 5 heteroatoms. The molecule has 78 valence electrons. The fraction of sp³-hybridized carbons (Fsp3) is 0.100. The van der Waals surface area contributed by atoms with Crippen LogP contribution >= 0.6 is 31.9 Å². The first-order valence-electron chi connectivity index (χ1n) is 4.28. The molecule has 2 rings (SSSR count). The van der Waals surface area contributed by atoms with Crippen LogP contribution in [0.1, 0.15) is 17.5 Å². The Bertz CT molecular complexity index is 453. The van der Waals surface area contributed by atoms with Crippen LogP contribution in [0.15, 0.2) is 44.0 Å². The van der Waals surface area contributed by atoms with Gasteiger partial charge in [0.15, 0.2) is 0 Å². The predicted octanol–water partition coefficient (Wildman–Crippen LogP) is 3.25. The zero-order chi connectivity index (χ0) is 10.8. The van der Waals surface area contributed by atoms with E-state index in [1.165, 1.54) is 0 Å². The Morgan fingerprint density at radius 3 is 2.60 bits per heavy atom. The van der Waals surface area contributed by atoms with Crippen molar-refractivity contribution in [2.24, 2.45) is 5.73 Å². The zero-order valence-corrected chi connectivity index (χ0v) is 10.8. The number of furan rings is 1. The number of nitrogens with zero attached hydrogens (tertiary/aromatic N) is 1. The molecule has 1 atom stereocenters. The first-order valence-corrected chi connectivity index (χ1v) is 5.87. The maximum atomic E-state index is 6.01. The van der Waals surface area contributed by atoms with Crippen molar-refractivity contribution in [1.82, 2.24) is 4.98 Å². The number of hydrogen-bond acceptors (Lipinski definition) is 3. The molecule has 2 aromatic rings. The van der Waals surface area contributed by atoms with Crippen LogP contribution in [0.25, 0.3) is 0 Å². The molecule has 0 fully saturated rings. The van der Waals surface area contributed by atoms with Gasteiger partial charge in [0, 0.05) is 10.7 Å². The van der Waals surface area contributed by atoms with Crippen molar-refractivity contribution < 1.29 is 4.42 Å². The average molecular weight is 332 g/mol. The molecule has 0 aliphatic heterocycles. The summed E-state index contributed by atoms with van der Waals surface area (Å²) in [7, 11) is 0. The van der Waals surface area contributed by atoms with Gasteiger partial charge in [-0.1, -0.05) is 0 Å². The van der Waals surface area contributed by atoms with Crippen LogP contribution in [0.5, 0.6) is 0 Å². The summed E-state index contributed by atoms with van der Waals surface area (Å²) in [5, 5.41) is 0. The molecule has 2 N–H and O–H groups in total. The fourth-order valence-corrected chi connectivity index (χ4v) is 1.92. The van der Waals surface area contributed by atoms with Crippen molar-refractivity contribution in [3.05, 3.63) is 51.1 Å². The lowest BCUT2D eigenvalue weighted by Gasteiger charge is -2.08. The molecule has 0 saturated carbocycles. The Balaban J connectivity index is 2.32. The standard InChI is InChI=1S/C10H8Br2N2O/c11-6-1-2-8(14-5-6)9(13)10-7(12)3-4-15-10/h1-5,9H,13H2. The van der Waals surface area contributed by atoms with Gasteiger partial charge in [0.2, 0.25) is 0 Å². The van der Waals surface area contributed by atoms with E-state index in [0.29, 0.717) is 5.76 Å². The van der Waals surface area contributed by atoms with Crippen molar-refractivity contribution in [1.29, 1.82) is 0 Å². The van der Waals surface area contributed by atoms with Crippen LogP contribution < -0.4 is 5.73 Å². The molecular formula is C10H8Br2N2O. The first kappa shape index (κ1) is 10.9. The summed E-state index contributed by atoms with van der Waals surface area (Å²) in [6.07, 6.45) is 3.31. The smallest absolute Gasteiger partial charge is 0.140 e. The number of hydrogen-bond donors (Lipinski definition) is 1. The number of pyridine rings is 1. The van der Waals surface area contributed by atoms with Crippen LogP contribution in [0.2, 0.25) is 0 Å². The molecule has 0 amide bonds. The molecule has 3 nitrogen and oxygen atoms in total. The molecule has 0 aliphatic rings. The third-order valence-electron chi connectivity index (χ3n) is 2.00. The largest absolute Gasteiger partial charge is 0.466 e. The van der Waals surface area contributed by atoms with Crippen molar-refractivity contribution >= 4 is 31.9 Å². The molecule has 0 saturated heterocycles. The van der Waals surface area contributed by atoms with Gasteiger partial charge in [0.05, 0.1) is 16.4 Å². The molecule has 1 unspecified atom stereocenters. The van der Waals surface area contributed by atoms with Crippen LogP contribution in [0.3, 0.4) is 0 Å². The SMILES string of the molecule is NC(c1ccc(Br)cn1)c1occc1Br. The van der Waals surface area contributed by atoms with E-state index in [1.54, 1.807) is 12.5 Å². The minimum Gasteiger partial charge on any atom is -0.466 e. The summed E-state index contributed by atoms with van der Waals surface area (Å²) in [5.74, 6) is 0.685. The number of aromatic nitrogens is 1. The Kier molecular flexibility index (Phi) is 3.23. The number of nitrogens with two attached hydrogens (primary N) is 1. The summed E-state index contributed by atoms with van der Waals surface area (Å²) >= 11 is 6.69. The summed E-state index contributed by atoms with van der Waals surface area (Å²) < 4.78 is 7.08. The van der Waals surface area contributed by atoms with Gasteiger partial charge in [-0.2, -0.15) is 0 Å². The fourth-order valence-electron chi connectivity index (χ4n) is 1.23. The van der Waals surface area contributed by atoms with Crippen molar-refractivity contribution in [2.45, 2.75) is 6.04 Å². The minimum absolute atomic E-state index is 0.345. The summed E-state index contributed by atoms with van der Waals surface area (Å²) in [5.41, 5.74) is 6.78. The van der Waals surface area contributed by atoms with Crippen molar-refractivity contribution in [3.8, 4) is 0 Å². The molecule has 0 bridgehead atoms. The quantitative estimate of drug-likeness (QED) is 0.919. The maximum absolute atomic E-state index is 6.01. The third kappa shape index (κ3) is 2.30. The Hall–Kier alpha value is -0.650. The van der Waals surface area contributed by atoms with Gasteiger partial charge in [0.25, 0.3) is 0 Å². The molecule has 0 aliphatic carbocycles. The monoisotopic (exact) mass is 330 g/mol. The Labute approximate surface area is 104 Å². The molecule has 0 radical (unpaired) electrons. The lowest BCUT2D eigenvalue weighted by Crippen LogP contribution is -2.12. The molecule has 0 spiro atoms. The van der Waals surface area contributed by atoms with E-state index >= 15 is 0 Å². The zero-order valence-electron chi connectivity index (χ0n) is 7.65. The second kappa shape index (κ2) is 4.47. The first-order chi connectivity index (χ1) is 7.18. The van der Waals surface area contributed by atoms with Crippen molar-refractivity contribution in [3.63, 3.8) is 0 Å². The highest BCUT2D eigenvalue weighted by Gasteiger charge is 2.16. The van der Waals surface area contributed by atoms with E-state index in [2.05, 4.69) is 36.8 Å². The molecule has 2 aromatic heterocycles. The van der Waals surface area contributed by atoms with E-state index < -0.39 is 0 Å². The highest BCUT2D eigenvalue weighted by Crippen LogP contribution is 2.27. The van der Waals surface area contributed by atoms with Crippen LogP contribution in [0, 0.1) is 0 Å². The molecule has 2 heterocycles. The number of halogens is 2. The van der Waals surface area contributed by atoms with Gasteiger partial charge < -0.3 is 10.2 Å². The van der Waals surface area contributed by atoms with Gasteiger partial charge in [-0.05, 0) is 50.1 Å². The van der Waals surface area contributed by atoms with E-state index in [1.807, 2.05) is 18.2 Å². The van der Waals surface area contributed by atoms with E-state index in [9.17, 15) is 0 Å². The van der Waals surface area contributed by atoms with Gasteiger partial charge in [-0.3, -0.25) is 4.98 Å². The summed E-state index contributed by atoms with van der Waals surface area (Å²) in [4.78, 5) is 4.22. The molecule has 15 heavy (non-hydrogen) atoms. The van der Waals surface area contributed by atoms with Gasteiger partial charge in [0.1, 0.15) is 11.8 Å². The van der Waals surface area contributed by atoms with Gasteiger partial charge in [-0.25, -0.2) is 0 Å². The van der Waals surface area contributed by atoms with Gasteiger partial charge >= 0.3 is 0 Å². The van der Waals surface area contributed by atoms with Gasteiger partial charge in [-0.15, -0.1) is 0 Å². The highest BCUT2D eigenvalue weighted by molar-refractivity contribution is 9.10. The Morgan fingerprint density at radius 1 is 1.27 bits per heavy atom. The van der Waals surface area contributed by atoms with Crippen molar-refractivity contribution in [2.75, 3.05) is 0 Å². The summed E-state index contributed by atoms with van der Waals surface area (Å²) in [6, 6.07) is 5.24. The van der Waals surface area contributed by atoms with E-state index in [4.69, 9.17) is 10.2 Å². The lowest BCUT2D eigenvalue weighted by atomic mass is 10.1. The van der Waals surface area contributed by atoms with E-state index in [0.717, 1.165) is 14.6 Å². The lowest BCUT2D eigenvalue weighted by molar-refractivity contribution is 0.484. The topological polar surface area (TPSA) is 52.0 Å². The second-order valence-corrected chi connectivity index (χ2v) is 4.78. The second-order valence-electron chi connectivity index (χ2n) is 3.01. The van der Waals surface area contributed by atoms with Crippen LogP contribution in [-0.4, -0.2) is 4.98 Å². The molecule has 0 aromatic carbocycles. The number of rotatable bonds is 2. The van der Waals surface area contributed by atoms with Crippen LogP contribution in [0.4, 0.5) is 0 Å². The summed E-state index contributed by atoms with van der Waals surface area (Å²) in [6.45, 7) is 0. The van der Waals surface area contributed by atoms with E-state index in [-0.39, 0.29) is 6.04 Å².